The minimum Gasteiger partial charge on any atom is -0.454 e. The highest BCUT2D eigenvalue weighted by atomic mass is 16.7. The van der Waals surface area contributed by atoms with Gasteiger partial charge in [-0.1, -0.05) is 19.4 Å². The minimum atomic E-state index is -0.627. The Bertz CT molecular complexity index is 1020. The molecule has 7 nitrogen and oxygen atoms in total. The van der Waals surface area contributed by atoms with E-state index in [0.29, 0.717) is 28.4 Å². The maximum atomic E-state index is 12.8. The lowest BCUT2D eigenvalue weighted by Crippen LogP contribution is -2.28. The van der Waals surface area contributed by atoms with Crippen LogP contribution in [0.25, 0.3) is 0 Å². The lowest BCUT2D eigenvalue weighted by molar-refractivity contribution is 0.174. The van der Waals surface area contributed by atoms with Crippen LogP contribution < -0.4 is 25.5 Å². The number of rotatable bonds is 3. The van der Waals surface area contributed by atoms with Gasteiger partial charge in [0.25, 0.3) is 5.56 Å². The van der Waals surface area contributed by atoms with Crippen molar-refractivity contribution in [2.45, 2.75) is 25.7 Å². The number of fused-ring (bicyclic) bond motifs is 2. The monoisotopic (exact) mass is 351 g/mol. The number of hydrogen-bond acceptors (Lipinski definition) is 6. The van der Waals surface area contributed by atoms with Crippen molar-refractivity contribution in [1.82, 2.24) is 4.98 Å². The van der Waals surface area contributed by atoms with E-state index in [4.69, 9.17) is 19.9 Å². The Labute approximate surface area is 149 Å². The summed E-state index contributed by atoms with van der Waals surface area (Å²) in [6.45, 7) is 2.17. The maximum Gasteiger partial charge on any atom is 0.256 e. The molecule has 132 valence electrons. The molecule has 3 heterocycles. The zero-order valence-corrected chi connectivity index (χ0v) is 14.2. The average molecular weight is 351 g/mol. The van der Waals surface area contributed by atoms with Crippen molar-refractivity contribution < 1.29 is 14.2 Å². The van der Waals surface area contributed by atoms with E-state index in [0.717, 1.165) is 18.5 Å². The van der Waals surface area contributed by atoms with Gasteiger partial charge in [0.05, 0.1) is 11.5 Å². The van der Waals surface area contributed by atoms with Gasteiger partial charge in [-0.2, -0.15) is 5.26 Å². The van der Waals surface area contributed by atoms with Crippen molar-refractivity contribution in [3.05, 3.63) is 62.9 Å². The number of aromatic amines is 1. The van der Waals surface area contributed by atoms with Gasteiger partial charge >= 0.3 is 0 Å². The number of nitriles is 1. The highest BCUT2D eigenvalue weighted by molar-refractivity contribution is 5.57. The van der Waals surface area contributed by atoms with E-state index < -0.39 is 5.92 Å². The molecule has 4 rings (SSSR count). The van der Waals surface area contributed by atoms with Crippen LogP contribution in [0.3, 0.4) is 0 Å². The van der Waals surface area contributed by atoms with Crippen LogP contribution in [0.1, 0.15) is 36.1 Å². The Morgan fingerprint density at radius 1 is 1.27 bits per heavy atom. The Hall–Kier alpha value is -3.40. The van der Waals surface area contributed by atoms with E-state index in [9.17, 15) is 10.1 Å². The van der Waals surface area contributed by atoms with Gasteiger partial charge in [-0.05, 0) is 24.1 Å². The van der Waals surface area contributed by atoms with Crippen molar-refractivity contribution in [3.8, 4) is 23.3 Å². The number of nitrogens with zero attached hydrogens (tertiary/aromatic N) is 1. The van der Waals surface area contributed by atoms with Gasteiger partial charge in [-0.15, -0.1) is 0 Å². The van der Waals surface area contributed by atoms with Gasteiger partial charge in [0.2, 0.25) is 12.7 Å². The average Bonchev–Trinajstić information content (AvgIpc) is 3.08. The third kappa shape index (κ3) is 2.47. The number of nitrogens with one attached hydrogen (secondary N) is 1. The van der Waals surface area contributed by atoms with Crippen molar-refractivity contribution in [1.29, 1.82) is 5.26 Å². The first-order valence-corrected chi connectivity index (χ1v) is 8.35. The standard InChI is InChI=1S/C19H17N3O4/c1-2-3-11-7-15-17(19(23)22-11)16(12(8-20)18(21)26-15)10-4-5-13-14(6-10)25-9-24-13/h4-7,16H,2-3,9,21H2,1H3,(H,22,23). The first kappa shape index (κ1) is 16.1. The van der Waals surface area contributed by atoms with Gasteiger partial charge in [-0.3, -0.25) is 4.79 Å². The smallest absolute Gasteiger partial charge is 0.256 e. The summed E-state index contributed by atoms with van der Waals surface area (Å²) in [6.07, 6.45) is 1.60. The maximum absolute atomic E-state index is 12.8. The van der Waals surface area contributed by atoms with Crippen molar-refractivity contribution in [2.75, 3.05) is 6.79 Å². The Morgan fingerprint density at radius 3 is 2.85 bits per heavy atom. The molecule has 0 saturated heterocycles. The molecule has 7 heteroatoms. The number of aryl methyl sites for hydroxylation is 1. The van der Waals surface area contributed by atoms with E-state index >= 15 is 0 Å². The van der Waals surface area contributed by atoms with Crippen LogP contribution in [0, 0.1) is 11.3 Å². The largest absolute Gasteiger partial charge is 0.454 e. The number of nitrogens with two attached hydrogens (primary N) is 1. The molecule has 0 spiro atoms. The summed E-state index contributed by atoms with van der Waals surface area (Å²) >= 11 is 0. The topological polar surface area (TPSA) is 110 Å². The fraction of sp³-hybridized carbons (Fsp3) is 0.263. The summed E-state index contributed by atoms with van der Waals surface area (Å²) < 4.78 is 16.4. The summed E-state index contributed by atoms with van der Waals surface area (Å²) in [5.74, 6) is 0.971. The van der Waals surface area contributed by atoms with E-state index in [1.807, 2.05) is 6.92 Å². The summed E-state index contributed by atoms with van der Waals surface area (Å²) in [4.78, 5) is 15.7. The predicted octanol–water partition coefficient (Wildman–Crippen LogP) is 2.27. The number of benzene rings is 1. The van der Waals surface area contributed by atoms with Crippen LogP contribution in [-0.4, -0.2) is 11.8 Å². The molecule has 1 aromatic heterocycles. The highest BCUT2D eigenvalue weighted by Crippen LogP contribution is 2.43. The molecule has 0 bridgehead atoms. The highest BCUT2D eigenvalue weighted by Gasteiger charge is 2.34. The Morgan fingerprint density at radius 2 is 2.08 bits per heavy atom. The molecule has 2 aromatic rings. The number of allylic oxidation sites excluding steroid dienone is 1. The van der Waals surface area contributed by atoms with E-state index in [1.54, 1.807) is 24.3 Å². The molecule has 2 aliphatic rings. The summed E-state index contributed by atoms with van der Waals surface area (Å²) in [5, 5.41) is 9.61. The number of H-pyrrole nitrogens is 1. The minimum absolute atomic E-state index is 0.00992. The molecule has 0 fully saturated rings. The van der Waals surface area contributed by atoms with Crippen molar-refractivity contribution in [3.63, 3.8) is 0 Å². The second kappa shape index (κ2) is 6.15. The van der Waals surface area contributed by atoms with Crippen LogP contribution in [0.15, 0.2) is 40.5 Å². The fourth-order valence-electron chi connectivity index (χ4n) is 3.36. The van der Waals surface area contributed by atoms with Crippen molar-refractivity contribution in [2.24, 2.45) is 5.73 Å². The molecule has 0 radical (unpaired) electrons. The van der Waals surface area contributed by atoms with Crippen molar-refractivity contribution >= 4 is 0 Å². The van der Waals surface area contributed by atoms with Gasteiger partial charge < -0.3 is 24.9 Å². The fourth-order valence-corrected chi connectivity index (χ4v) is 3.36. The molecule has 0 amide bonds. The second-order valence-corrected chi connectivity index (χ2v) is 6.19. The molecule has 0 aliphatic carbocycles. The molecule has 0 saturated carbocycles. The van der Waals surface area contributed by atoms with Gasteiger partial charge in [-0.25, -0.2) is 0 Å². The van der Waals surface area contributed by atoms with Crippen LogP contribution in [-0.2, 0) is 6.42 Å². The summed E-state index contributed by atoms with van der Waals surface area (Å²) in [7, 11) is 0. The normalized spacial score (nSPS) is 17.5. The molecule has 1 aromatic carbocycles. The van der Waals surface area contributed by atoms with E-state index in [2.05, 4.69) is 11.1 Å². The first-order chi connectivity index (χ1) is 12.6. The first-order valence-electron chi connectivity index (χ1n) is 8.35. The Balaban J connectivity index is 1.91. The zero-order valence-electron chi connectivity index (χ0n) is 14.2. The lowest BCUT2D eigenvalue weighted by Gasteiger charge is -2.26. The molecule has 26 heavy (non-hydrogen) atoms. The number of hydrogen-bond donors (Lipinski definition) is 2. The van der Waals surface area contributed by atoms with Gasteiger partial charge in [0, 0.05) is 11.8 Å². The van der Waals surface area contributed by atoms with Crippen LogP contribution in [0.5, 0.6) is 17.2 Å². The van der Waals surface area contributed by atoms with Crippen LogP contribution in [0.2, 0.25) is 0 Å². The van der Waals surface area contributed by atoms with Gasteiger partial charge in [0.15, 0.2) is 11.5 Å². The SMILES string of the molecule is CCCc1cc2c(c(=O)[nH]1)C(c1ccc3c(c1)OCO3)C(C#N)=C(N)O2. The van der Waals surface area contributed by atoms with Crippen LogP contribution >= 0.6 is 0 Å². The quantitative estimate of drug-likeness (QED) is 0.878. The van der Waals surface area contributed by atoms with E-state index in [1.165, 1.54) is 0 Å². The molecule has 1 unspecified atom stereocenters. The van der Waals surface area contributed by atoms with Crippen LogP contribution in [0.4, 0.5) is 0 Å². The third-order valence-electron chi connectivity index (χ3n) is 4.52. The molecular formula is C19H17N3O4. The molecular weight excluding hydrogens is 334 g/mol. The molecule has 1 atom stereocenters. The number of aromatic nitrogens is 1. The number of ether oxygens (including phenoxy) is 3. The molecule has 2 aliphatic heterocycles. The zero-order chi connectivity index (χ0) is 18.3. The van der Waals surface area contributed by atoms with E-state index in [-0.39, 0.29) is 23.8 Å². The summed E-state index contributed by atoms with van der Waals surface area (Å²) in [5.41, 5.74) is 7.76. The molecule has 3 N–H and O–H groups in total. The predicted molar refractivity (Wildman–Crippen MR) is 92.9 cm³/mol. The summed E-state index contributed by atoms with van der Waals surface area (Å²) in [6, 6.07) is 9.20. The lowest BCUT2D eigenvalue weighted by atomic mass is 9.84. The third-order valence-corrected chi connectivity index (χ3v) is 4.52. The Kier molecular flexibility index (Phi) is 3.81. The number of pyridine rings is 1. The van der Waals surface area contributed by atoms with Gasteiger partial charge in [0.1, 0.15) is 17.4 Å². The second-order valence-electron chi connectivity index (χ2n) is 6.19.